The molecule has 0 radical (unpaired) electrons. The van der Waals surface area contributed by atoms with E-state index in [0.29, 0.717) is 22.1 Å². The standard InChI is InChI=1S/4C10H9NO.6NO3.2Y/c4*1-7-5-6-8-3-2-4-9(12)10(8)11-7;6*2-1(3)4;;/h4*2-6,12H,1H3;;;;;;;;/q;;;;6*-1;2*+3. The summed E-state index contributed by atoms with van der Waals surface area (Å²) in [5.74, 6) is 0.208. The number of benzene rings is 4. The number of fused-ring (bicyclic) bond motifs is 4. The van der Waals surface area contributed by atoms with Crippen LogP contribution in [-0.2, 0) is 65.4 Å². The Labute approximate surface area is 463 Å². The van der Waals surface area contributed by atoms with Gasteiger partial charge in [0, 0.05) is 73.5 Å². The van der Waals surface area contributed by atoms with Crippen molar-refractivity contribution in [2.24, 2.45) is 0 Å². The van der Waals surface area contributed by atoms with Gasteiger partial charge in [-0.3, -0.25) is 0 Å². The summed E-state index contributed by atoms with van der Waals surface area (Å²) in [6.07, 6.45) is 0. The number of H-pyrrole nitrogens is 4. The van der Waals surface area contributed by atoms with E-state index in [1.165, 1.54) is 0 Å². The van der Waals surface area contributed by atoms with Gasteiger partial charge in [-0.1, -0.05) is 48.5 Å². The van der Waals surface area contributed by atoms with Gasteiger partial charge in [-0.2, -0.15) is 0 Å². The van der Waals surface area contributed by atoms with Crippen LogP contribution in [0.3, 0.4) is 0 Å². The zero-order valence-electron chi connectivity index (χ0n) is 38.4. The molecular formula is C40H36N10O22Y2. The van der Waals surface area contributed by atoms with Crippen LogP contribution in [-0.4, -0.2) is 30.5 Å². The molecule has 0 aliphatic heterocycles. The molecule has 0 amide bonds. The minimum absolute atomic E-state index is 0. The van der Waals surface area contributed by atoms with E-state index in [-0.39, 0.29) is 88.4 Å². The molecule has 0 fully saturated rings. The van der Waals surface area contributed by atoms with Gasteiger partial charge in [-0.15, -0.1) is 0 Å². The third-order valence-electron chi connectivity index (χ3n) is 7.57. The number of nitrogens with zero attached hydrogens (tertiary/aromatic N) is 6. The Kier molecular flexibility index (Phi) is 37.6. The molecule has 34 heteroatoms. The molecule has 0 saturated carbocycles. The third kappa shape index (κ3) is 35.3. The second kappa shape index (κ2) is 38.8. The largest absolute Gasteiger partial charge is 3.00 e. The van der Waals surface area contributed by atoms with Gasteiger partial charge in [0.2, 0.25) is 22.1 Å². The van der Waals surface area contributed by atoms with Crippen molar-refractivity contribution in [1.82, 2.24) is 0 Å². The molecule has 0 aliphatic rings. The van der Waals surface area contributed by atoms with Gasteiger partial charge in [-0.05, 0) is 71.5 Å². The van der Waals surface area contributed by atoms with Gasteiger partial charge >= 0.3 is 65.4 Å². The molecule has 0 unspecified atom stereocenters. The van der Waals surface area contributed by atoms with E-state index in [0.717, 1.165) is 44.3 Å². The normalized spacial score (nSPS) is 8.70. The molecule has 4 aromatic heterocycles. The van der Waals surface area contributed by atoms with Crippen molar-refractivity contribution in [1.29, 1.82) is 0 Å². The van der Waals surface area contributed by atoms with Crippen molar-refractivity contribution in [3.05, 3.63) is 236 Å². The van der Waals surface area contributed by atoms with E-state index >= 15 is 0 Å². The maximum absolute atomic E-state index is 11.3. The number of para-hydroxylation sites is 4. The van der Waals surface area contributed by atoms with E-state index in [2.05, 4.69) is 19.9 Å². The summed E-state index contributed by atoms with van der Waals surface area (Å²) in [6.45, 7) is 7.75. The van der Waals surface area contributed by atoms with Gasteiger partial charge < -0.3 is 112 Å². The first-order valence-electron chi connectivity index (χ1n) is 18.7. The van der Waals surface area contributed by atoms with E-state index in [1.54, 1.807) is 48.5 Å². The van der Waals surface area contributed by atoms with Crippen molar-refractivity contribution in [3.63, 3.8) is 0 Å². The van der Waals surface area contributed by atoms with Crippen molar-refractivity contribution < 1.29 is 136 Å². The minimum Gasteiger partial charge on any atom is -0.868 e. The predicted octanol–water partition coefficient (Wildman–Crippen LogP) is 2.70. The second-order valence-electron chi connectivity index (χ2n) is 12.8. The van der Waals surface area contributed by atoms with Gasteiger partial charge in [-0.25, -0.2) is 19.9 Å². The van der Waals surface area contributed by atoms with Crippen LogP contribution < -0.4 is 40.4 Å². The maximum Gasteiger partial charge on any atom is 3.00 e. The fourth-order valence-corrected chi connectivity index (χ4v) is 5.10. The monoisotopic (exact) mass is 1190 g/mol. The van der Waals surface area contributed by atoms with Crippen LogP contribution in [0.4, 0.5) is 0 Å². The Morgan fingerprint density at radius 3 is 0.541 bits per heavy atom. The molecular weight excluding hydrogens is 1150 g/mol. The molecule has 8 rings (SSSR count). The Morgan fingerprint density at radius 2 is 0.405 bits per heavy atom. The van der Waals surface area contributed by atoms with E-state index in [1.807, 2.05) is 100 Å². The molecule has 4 aromatic carbocycles. The van der Waals surface area contributed by atoms with Crippen molar-refractivity contribution in [2.45, 2.75) is 27.7 Å². The van der Waals surface area contributed by atoms with Gasteiger partial charge in [0.05, 0.1) is 30.5 Å². The maximum atomic E-state index is 11.3. The summed E-state index contributed by atoms with van der Waals surface area (Å²) in [5.41, 5.74) is 6.79. The summed E-state index contributed by atoms with van der Waals surface area (Å²) in [5, 5.41) is 138. The van der Waals surface area contributed by atoms with Crippen molar-refractivity contribution in [2.75, 3.05) is 0 Å². The molecule has 0 bridgehead atoms. The quantitative estimate of drug-likeness (QED) is 0.155. The summed E-state index contributed by atoms with van der Waals surface area (Å²) in [7, 11) is 0. The topological polar surface area (TPSA) is 546 Å². The molecule has 4 N–H and O–H groups in total. The fraction of sp³-hybridized carbons (Fsp3) is 0.100. The first-order chi connectivity index (χ1) is 33.5. The number of hydrogen-bond donors (Lipinski definition) is 0. The van der Waals surface area contributed by atoms with Crippen LogP contribution >= 0.6 is 0 Å². The van der Waals surface area contributed by atoms with Crippen molar-refractivity contribution >= 4 is 43.6 Å². The smallest absolute Gasteiger partial charge is 0.868 e. The Bertz CT molecular complexity index is 2600. The van der Waals surface area contributed by atoms with Crippen LogP contribution in [0.5, 0.6) is 23.0 Å². The first kappa shape index (κ1) is 71.7. The number of rotatable bonds is 0. The first-order valence-corrected chi connectivity index (χ1v) is 18.7. The molecule has 8 aromatic rings. The van der Waals surface area contributed by atoms with E-state index < -0.39 is 30.5 Å². The molecule has 74 heavy (non-hydrogen) atoms. The van der Waals surface area contributed by atoms with Crippen molar-refractivity contribution in [3.8, 4) is 23.0 Å². The molecule has 0 atom stereocenters. The van der Waals surface area contributed by atoms with E-state index in [9.17, 15) is 20.4 Å². The number of nitrogens with one attached hydrogen (secondary N) is 4. The number of pyridine rings is 4. The van der Waals surface area contributed by atoms with Gasteiger partial charge in [0.25, 0.3) is 0 Å². The van der Waals surface area contributed by atoms with Crippen LogP contribution in [0.25, 0.3) is 43.6 Å². The van der Waals surface area contributed by atoms with Gasteiger partial charge in [0.15, 0.2) is 22.8 Å². The Morgan fingerprint density at radius 1 is 0.270 bits per heavy atom. The predicted molar refractivity (Wildman–Crippen MR) is 241 cm³/mol. The summed E-state index contributed by atoms with van der Waals surface area (Å²) >= 11 is 0. The van der Waals surface area contributed by atoms with Crippen LogP contribution in [0.2, 0.25) is 0 Å². The molecule has 0 saturated heterocycles. The van der Waals surface area contributed by atoms with Gasteiger partial charge in [0.1, 0.15) is 0 Å². The Hall–Kier alpha value is -8.87. The Balaban J connectivity index is -0.000000384. The van der Waals surface area contributed by atoms with Crippen LogP contribution in [0.1, 0.15) is 22.8 Å². The number of hydrogen-bond acceptors (Lipinski definition) is 22. The number of aromatic amines is 4. The zero-order chi connectivity index (χ0) is 55.7. The zero-order valence-corrected chi connectivity index (χ0v) is 44.0. The molecule has 384 valence electrons. The minimum atomic E-state index is -1.75. The van der Waals surface area contributed by atoms with Crippen LogP contribution in [0, 0.1) is 120 Å². The summed E-state index contributed by atoms with van der Waals surface area (Å²) in [6, 6.07) is 36.7. The second-order valence-corrected chi connectivity index (χ2v) is 12.8. The molecule has 0 aliphatic carbocycles. The SMILES string of the molecule is Cc1ccc2cccc([O-])c2[nH+]1.Cc1ccc2cccc([O-])c2[nH+]1.Cc1ccc2cccc([O-])c2[nH+]1.Cc1ccc2cccc([O-])c2[nH+]1.O=[N+]([O-])[O-].O=[N+]([O-])[O-].O=[N+]([O-])[O-].O=[N+]([O-])[O-].O=[N+]([O-])[O-].O=[N+]([O-])[O-].[Y+3].[Y+3]. The van der Waals surface area contributed by atoms with E-state index in [4.69, 9.17) is 91.9 Å². The fourth-order valence-electron chi connectivity index (χ4n) is 5.10. The van der Waals surface area contributed by atoms with Crippen LogP contribution in [0.15, 0.2) is 121 Å². The molecule has 32 nitrogen and oxygen atoms in total. The third-order valence-corrected chi connectivity index (χ3v) is 7.57. The average molecular weight is 1190 g/mol. The molecule has 4 heterocycles. The summed E-state index contributed by atoms with van der Waals surface area (Å²) < 4.78 is 0. The summed E-state index contributed by atoms with van der Waals surface area (Å²) in [4.78, 5) is 61.7. The number of aryl methyl sites for hydroxylation is 4. The average Bonchev–Trinajstić information content (AvgIpc) is 3.25. The number of aromatic nitrogens is 4. The molecule has 0 spiro atoms.